The van der Waals surface area contributed by atoms with Gasteiger partial charge in [0.15, 0.2) is 5.78 Å². The van der Waals surface area contributed by atoms with Crippen LogP contribution in [-0.4, -0.2) is 34.0 Å². The second kappa shape index (κ2) is 4.62. The van der Waals surface area contributed by atoms with Crippen LogP contribution >= 0.6 is 0 Å². The van der Waals surface area contributed by atoms with Gasteiger partial charge in [-0.3, -0.25) is 4.79 Å². The van der Waals surface area contributed by atoms with Crippen molar-refractivity contribution in [3.63, 3.8) is 0 Å². The molecule has 0 atom stereocenters. The van der Waals surface area contributed by atoms with Crippen molar-refractivity contribution in [2.24, 2.45) is 0 Å². The maximum atomic E-state index is 12.3. The Labute approximate surface area is 125 Å². The molecule has 108 valence electrons. The molecule has 0 amide bonds. The topological polar surface area (TPSA) is 23.6 Å². The first kappa shape index (κ1) is 13.7. The molecule has 1 aliphatic rings. The summed E-state index contributed by atoms with van der Waals surface area (Å²) in [5.41, 5.74) is 5.29. The highest BCUT2D eigenvalue weighted by molar-refractivity contribution is 6.25. The molecule has 0 unspecified atom stereocenters. The fourth-order valence-corrected chi connectivity index (χ4v) is 3.09. The summed E-state index contributed by atoms with van der Waals surface area (Å²) in [6.07, 6.45) is 1.74. The molecule has 0 aliphatic heterocycles. The summed E-state index contributed by atoms with van der Waals surface area (Å²) in [6, 6.07) is 8.26. The summed E-state index contributed by atoms with van der Waals surface area (Å²) in [7, 11) is 8.15. The molecule has 0 radical (unpaired) electrons. The Morgan fingerprint density at radius 2 is 1.29 bits per heavy atom. The molecule has 0 heterocycles. The van der Waals surface area contributed by atoms with E-state index in [4.69, 9.17) is 0 Å². The SMILES string of the molecule is CC1=CC(=O)c2ccc(N(C)C)c3c(N(C)C)ccc1c23. The number of allylic oxidation sites excluding steroid dienone is 2. The predicted octanol–water partition coefficient (Wildman–Crippen LogP) is 3.57. The Hall–Kier alpha value is -2.29. The van der Waals surface area contributed by atoms with Gasteiger partial charge in [-0.2, -0.15) is 0 Å². The van der Waals surface area contributed by atoms with Crippen LogP contribution in [0.2, 0.25) is 0 Å². The van der Waals surface area contributed by atoms with Crippen LogP contribution in [0.4, 0.5) is 11.4 Å². The van der Waals surface area contributed by atoms with Crippen LogP contribution in [0.5, 0.6) is 0 Å². The van der Waals surface area contributed by atoms with Crippen LogP contribution in [0, 0.1) is 0 Å². The lowest BCUT2D eigenvalue weighted by atomic mass is 9.86. The fourth-order valence-electron chi connectivity index (χ4n) is 3.09. The molecule has 3 nitrogen and oxygen atoms in total. The van der Waals surface area contributed by atoms with Gasteiger partial charge >= 0.3 is 0 Å². The zero-order chi connectivity index (χ0) is 15.3. The summed E-state index contributed by atoms with van der Waals surface area (Å²) >= 11 is 0. The van der Waals surface area contributed by atoms with Gasteiger partial charge in [0, 0.05) is 55.9 Å². The Morgan fingerprint density at radius 3 is 1.81 bits per heavy atom. The van der Waals surface area contributed by atoms with Gasteiger partial charge in [-0.05, 0) is 42.3 Å². The van der Waals surface area contributed by atoms with Crippen LogP contribution in [0.3, 0.4) is 0 Å². The van der Waals surface area contributed by atoms with Crippen LogP contribution in [-0.2, 0) is 0 Å². The molecule has 0 fully saturated rings. The van der Waals surface area contributed by atoms with Crippen LogP contribution < -0.4 is 9.80 Å². The molecule has 21 heavy (non-hydrogen) atoms. The monoisotopic (exact) mass is 280 g/mol. The first-order valence-corrected chi connectivity index (χ1v) is 7.09. The maximum absolute atomic E-state index is 12.3. The Morgan fingerprint density at radius 1 is 0.762 bits per heavy atom. The van der Waals surface area contributed by atoms with E-state index in [0.29, 0.717) is 0 Å². The number of carbonyl (C=O) groups excluding carboxylic acids is 1. The van der Waals surface area contributed by atoms with Gasteiger partial charge in [0.05, 0.1) is 0 Å². The van der Waals surface area contributed by atoms with Crippen molar-refractivity contribution in [1.82, 2.24) is 0 Å². The Bertz CT molecular complexity index is 771. The lowest BCUT2D eigenvalue weighted by Crippen LogP contribution is -2.15. The molecule has 3 rings (SSSR count). The van der Waals surface area contributed by atoms with E-state index >= 15 is 0 Å². The van der Waals surface area contributed by atoms with E-state index in [2.05, 4.69) is 21.9 Å². The first-order valence-electron chi connectivity index (χ1n) is 7.09. The summed E-state index contributed by atoms with van der Waals surface area (Å²) in [5, 5.41) is 2.23. The van der Waals surface area contributed by atoms with Gasteiger partial charge in [0.2, 0.25) is 0 Å². The quantitative estimate of drug-likeness (QED) is 0.840. The van der Waals surface area contributed by atoms with Gasteiger partial charge in [-0.25, -0.2) is 0 Å². The van der Waals surface area contributed by atoms with Gasteiger partial charge < -0.3 is 9.80 Å². The third-order valence-electron chi connectivity index (χ3n) is 4.12. The van der Waals surface area contributed by atoms with Crippen molar-refractivity contribution >= 4 is 33.5 Å². The molecule has 0 saturated carbocycles. The summed E-state index contributed by atoms with van der Waals surface area (Å²) < 4.78 is 0. The lowest BCUT2D eigenvalue weighted by Gasteiger charge is -2.26. The van der Waals surface area contributed by atoms with E-state index in [1.54, 1.807) is 6.08 Å². The largest absolute Gasteiger partial charge is 0.377 e. The van der Waals surface area contributed by atoms with Crippen molar-refractivity contribution < 1.29 is 4.79 Å². The highest BCUT2D eigenvalue weighted by Gasteiger charge is 2.22. The number of carbonyl (C=O) groups is 1. The second-order valence-electron chi connectivity index (χ2n) is 5.99. The van der Waals surface area contributed by atoms with Gasteiger partial charge in [-0.1, -0.05) is 6.07 Å². The number of rotatable bonds is 2. The van der Waals surface area contributed by atoms with Gasteiger partial charge in [0.1, 0.15) is 0 Å². The smallest absolute Gasteiger partial charge is 0.186 e. The van der Waals surface area contributed by atoms with Crippen molar-refractivity contribution in [3.8, 4) is 0 Å². The van der Waals surface area contributed by atoms with Crippen LogP contribution in [0.15, 0.2) is 30.3 Å². The van der Waals surface area contributed by atoms with Crippen molar-refractivity contribution in [1.29, 1.82) is 0 Å². The minimum absolute atomic E-state index is 0.103. The summed E-state index contributed by atoms with van der Waals surface area (Å²) in [4.78, 5) is 16.6. The second-order valence-corrected chi connectivity index (χ2v) is 5.99. The molecule has 0 N–H and O–H groups in total. The van der Waals surface area contributed by atoms with Crippen molar-refractivity contribution in [2.75, 3.05) is 38.0 Å². The van der Waals surface area contributed by atoms with E-state index in [1.165, 1.54) is 0 Å². The highest BCUT2D eigenvalue weighted by atomic mass is 16.1. The zero-order valence-corrected chi connectivity index (χ0v) is 13.2. The van der Waals surface area contributed by atoms with E-state index < -0.39 is 0 Å². The van der Waals surface area contributed by atoms with Crippen molar-refractivity contribution in [3.05, 3.63) is 41.5 Å². The number of benzene rings is 2. The molecule has 0 saturated heterocycles. The zero-order valence-electron chi connectivity index (χ0n) is 13.2. The Kier molecular flexibility index (Phi) is 3.01. The maximum Gasteiger partial charge on any atom is 0.186 e. The van der Waals surface area contributed by atoms with Gasteiger partial charge in [-0.15, -0.1) is 0 Å². The van der Waals surface area contributed by atoms with Gasteiger partial charge in [0.25, 0.3) is 0 Å². The number of hydrogen-bond donors (Lipinski definition) is 0. The molecule has 0 spiro atoms. The summed E-state index contributed by atoms with van der Waals surface area (Å²) in [5.74, 6) is 0.103. The lowest BCUT2D eigenvalue weighted by molar-refractivity contribution is 0.104. The molecule has 3 heteroatoms. The molecular formula is C18H20N2O. The van der Waals surface area contributed by atoms with E-state index in [1.807, 2.05) is 47.2 Å². The van der Waals surface area contributed by atoms with E-state index in [9.17, 15) is 4.79 Å². The molecular weight excluding hydrogens is 260 g/mol. The minimum Gasteiger partial charge on any atom is -0.377 e. The van der Waals surface area contributed by atoms with Crippen LogP contribution in [0.25, 0.3) is 16.3 Å². The molecule has 0 aromatic heterocycles. The first-order chi connectivity index (χ1) is 9.91. The van der Waals surface area contributed by atoms with Crippen LogP contribution in [0.1, 0.15) is 22.8 Å². The summed E-state index contributed by atoms with van der Waals surface area (Å²) in [6.45, 7) is 2.01. The number of anilines is 2. The Balaban J connectivity index is 2.54. The fraction of sp³-hybridized carbons (Fsp3) is 0.278. The number of ketones is 1. The normalized spacial score (nSPS) is 13.4. The predicted molar refractivity (Wildman–Crippen MR) is 90.6 cm³/mol. The molecule has 0 bridgehead atoms. The average molecular weight is 280 g/mol. The number of hydrogen-bond acceptors (Lipinski definition) is 3. The molecule has 1 aliphatic carbocycles. The van der Waals surface area contributed by atoms with Crippen molar-refractivity contribution in [2.45, 2.75) is 6.92 Å². The minimum atomic E-state index is 0.103. The van der Waals surface area contributed by atoms with E-state index in [0.717, 1.165) is 38.8 Å². The highest BCUT2D eigenvalue weighted by Crippen LogP contribution is 2.42. The third kappa shape index (κ3) is 1.92. The third-order valence-corrected chi connectivity index (χ3v) is 4.12. The van der Waals surface area contributed by atoms with E-state index in [-0.39, 0.29) is 5.78 Å². The molecule has 2 aromatic rings. The standard InChI is InChI=1S/C18H20N2O/c1-11-10-16(21)13-7-9-15(20(4)5)18-14(19(2)3)8-6-12(11)17(13)18/h6-10H,1-5H3. The average Bonchev–Trinajstić information content (AvgIpc) is 2.43. The number of nitrogens with zero attached hydrogens (tertiary/aromatic N) is 2. The molecule has 2 aromatic carbocycles.